The minimum atomic E-state index is -3.67. The van der Waals surface area contributed by atoms with Crippen LogP contribution in [0.25, 0.3) is 0 Å². The molecule has 0 spiro atoms. The number of benzene rings is 2. The Hall–Kier alpha value is -2.38. The Morgan fingerprint density at radius 2 is 1.76 bits per heavy atom. The average Bonchev–Trinajstić information content (AvgIpc) is 2.93. The van der Waals surface area contributed by atoms with Gasteiger partial charge in [0.25, 0.3) is 10.2 Å². The van der Waals surface area contributed by atoms with Crippen molar-refractivity contribution in [3.8, 4) is 0 Å². The third-order valence-electron chi connectivity index (χ3n) is 4.19. The summed E-state index contributed by atoms with van der Waals surface area (Å²) in [6, 6.07) is 16.3. The fraction of sp³-hybridized carbons (Fsp3) is 0.278. The number of hydrogen-bond donors (Lipinski definition) is 2. The van der Waals surface area contributed by atoms with Crippen molar-refractivity contribution in [3.63, 3.8) is 0 Å². The zero-order valence-electron chi connectivity index (χ0n) is 14.0. The molecular formula is C18H21N3O3S. The highest BCUT2D eigenvalue weighted by atomic mass is 32.2. The first-order valence-corrected chi connectivity index (χ1v) is 9.66. The van der Waals surface area contributed by atoms with E-state index in [-0.39, 0.29) is 18.5 Å². The number of amides is 1. The zero-order valence-corrected chi connectivity index (χ0v) is 14.8. The fourth-order valence-corrected chi connectivity index (χ4v) is 3.76. The number of anilines is 2. The van der Waals surface area contributed by atoms with Crippen LogP contribution in [-0.2, 0) is 21.5 Å². The number of carbonyl (C=O) groups is 1. The van der Waals surface area contributed by atoms with Crippen LogP contribution in [0.1, 0.15) is 25.3 Å². The lowest BCUT2D eigenvalue weighted by Gasteiger charge is -2.22. The Labute approximate surface area is 148 Å². The van der Waals surface area contributed by atoms with Gasteiger partial charge in [0, 0.05) is 30.4 Å². The van der Waals surface area contributed by atoms with Crippen LogP contribution in [-0.4, -0.2) is 20.4 Å². The Bertz CT molecular complexity index is 836. The summed E-state index contributed by atoms with van der Waals surface area (Å²) in [7, 11) is -3.67. The van der Waals surface area contributed by atoms with Crippen molar-refractivity contribution in [2.75, 3.05) is 9.62 Å². The largest absolute Gasteiger partial charge is 0.310 e. The molecule has 2 aromatic carbocycles. The van der Waals surface area contributed by atoms with Gasteiger partial charge >= 0.3 is 0 Å². The quantitative estimate of drug-likeness (QED) is 0.832. The molecule has 0 saturated carbocycles. The van der Waals surface area contributed by atoms with Crippen molar-refractivity contribution in [2.24, 2.45) is 0 Å². The SMILES string of the molecule is C[C@@H]1CCC(=O)N1c1ccc(NS(=O)(=O)NCc2ccccc2)cc1. The molecule has 0 radical (unpaired) electrons. The number of hydrogen-bond acceptors (Lipinski definition) is 3. The summed E-state index contributed by atoms with van der Waals surface area (Å²) in [6.45, 7) is 2.23. The van der Waals surface area contributed by atoms with Gasteiger partial charge in [0.1, 0.15) is 0 Å². The van der Waals surface area contributed by atoms with E-state index in [4.69, 9.17) is 0 Å². The van der Waals surface area contributed by atoms with Crippen LogP contribution in [0.2, 0.25) is 0 Å². The van der Waals surface area contributed by atoms with E-state index in [9.17, 15) is 13.2 Å². The molecule has 0 unspecified atom stereocenters. The lowest BCUT2D eigenvalue weighted by Crippen LogP contribution is -2.31. The molecule has 3 rings (SSSR count). The second-order valence-corrected chi connectivity index (χ2v) is 7.61. The summed E-state index contributed by atoms with van der Waals surface area (Å²) < 4.78 is 29.3. The summed E-state index contributed by atoms with van der Waals surface area (Å²) in [4.78, 5) is 13.7. The Morgan fingerprint density at radius 1 is 1.08 bits per heavy atom. The van der Waals surface area contributed by atoms with Crippen LogP contribution < -0.4 is 14.3 Å². The highest BCUT2D eigenvalue weighted by Crippen LogP contribution is 2.27. The molecule has 0 aromatic heterocycles. The maximum atomic E-state index is 12.1. The van der Waals surface area contributed by atoms with Crippen molar-refractivity contribution in [1.29, 1.82) is 0 Å². The lowest BCUT2D eigenvalue weighted by atomic mass is 10.2. The van der Waals surface area contributed by atoms with Crippen molar-refractivity contribution in [3.05, 3.63) is 60.2 Å². The van der Waals surface area contributed by atoms with Gasteiger partial charge in [0.05, 0.1) is 0 Å². The second kappa shape index (κ2) is 7.25. The Morgan fingerprint density at radius 3 is 2.36 bits per heavy atom. The van der Waals surface area contributed by atoms with Gasteiger partial charge in [-0.25, -0.2) is 0 Å². The first-order chi connectivity index (χ1) is 11.9. The average molecular weight is 359 g/mol. The van der Waals surface area contributed by atoms with E-state index in [0.717, 1.165) is 17.7 Å². The van der Waals surface area contributed by atoms with Crippen LogP contribution in [0.15, 0.2) is 54.6 Å². The van der Waals surface area contributed by atoms with Crippen LogP contribution in [0.4, 0.5) is 11.4 Å². The highest BCUT2D eigenvalue weighted by Gasteiger charge is 2.28. The zero-order chi connectivity index (χ0) is 17.9. The molecule has 1 heterocycles. The van der Waals surface area contributed by atoms with Gasteiger partial charge in [0.2, 0.25) is 5.91 Å². The summed E-state index contributed by atoms with van der Waals surface area (Å²) in [6.07, 6.45) is 1.40. The van der Waals surface area contributed by atoms with Gasteiger partial charge in [0.15, 0.2) is 0 Å². The molecule has 1 fully saturated rings. The minimum absolute atomic E-state index is 0.102. The first-order valence-electron chi connectivity index (χ1n) is 8.18. The summed E-state index contributed by atoms with van der Waals surface area (Å²) in [5.74, 6) is 0.102. The van der Waals surface area contributed by atoms with E-state index < -0.39 is 10.2 Å². The third kappa shape index (κ3) is 4.37. The predicted molar refractivity (Wildman–Crippen MR) is 98.4 cm³/mol. The molecule has 25 heavy (non-hydrogen) atoms. The monoisotopic (exact) mass is 359 g/mol. The molecule has 7 heteroatoms. The molecule has 2 aromatic rings. The van der Waals surface area contributed by atoms with Gasteiger partial charge in [-0.05, 0) is 43.2 Å². The minimum Gasteiger partial charge on any atom is -0.310 e. The van der Waals surface area contributed by atoms with Gasteiger partial charge < -0.3 is 4.90 Å². The van der Waals surface area contributed by atoms with Crippen molar-refractivity contribution in [1.82, 2.24) is 4.72 Å². The van der Waals surface area contributed by atoms with Gasteiger partial charge in [-0.3, -0.25) is 9.52 Å². The smallest absolute Gasteiger partial charge is 0.299 e. The summed E-state index contributed by atoms with van der Waals surface area (Å²) >= 11 is 0. The third-order valence-corrected chi connectivity index (χ3v) is 5.22. The number of carbonyl (C=O) groups excluding carboxylic acids is 1. The maximum absolute atomic E-state index is 12.1. The second-order valence-electron chi connectivity index (χ2n) is 6.11. The van der Waals surface area contributed by atoms with E-state index in [1.807, 2.05) is 37.3 Å². The molecule has 1 atom stereocenters. The number of nitrogens with one attached hydrogen (secondary N) is 2. The fourth-order valence-electron chi connectivity index (χ4n) is 2.88. The maximum Gasteiger partial charge on any atom is 0.299 e. The van der Waals surface area contributed by atoms with Crippen molar-refractivity contribution >= 4 is 27.5 Å². The molecule has 0 bridgehead atoms. The molecular weight excluding hydrogens is 338 g/mol. The van der Waals surface area contributed by atoms with Crippen LogP contribution in [0, 0.1) is 0 Å². The topological polar surface area (TPSA) is 78.5 Å². The molecule has 1 saturated heterocycles. The molecule has 2 N–H and O–H groups in total. The molecule has 1 aliphatic rings. The molecule has 6 nitrogen and oxygen atoms in total. The number of nitrogens with zero attached hydrogens (tertiary/aromatic N) is 1. The van der Waals surface area contributed by atoms with Gasteiger partial charge in [-0.1, -0.05) is 30.3 Å². The van der Waals surface area contributed by atoms with Crippen LogP contribution in [0.5, 0.6) is 0 Å². The van der Waals surface area contributed by atoms with Gasteiger partial charge in [-0.2, -0.15) is 13.1 Å². The van der Waals surface area contributed by atoms with Crippen LogP contribution >= 0.6 is 0 Å². The first kappa shape index (κ1) is 17.4. The van der Waals surface area contributed by atoms with Gasteiger partial charge in [-0.15, -0.1) is 0 Å². The van der Waals surface area contributed by atoms with Crippen molar-refractivity contribution < 1.29 is 13.2 Å². The van der Waals surface area contributed by atoms with E-state index in [0.29, 0.717) is 12.1 Å². The van der Waals surface area contributed by atoms with E-state index in [2.05, 4.69) is 9.44 Å². The summed E-state index contributed by atoms with van der Waals surface area (Å²) in [5, 5.41) is 0. The Kier molecular flexibility index (Phi) is 5.06. The van der Waals surface area contributed by atoms with E-state index >= 15 is 0 Å². The molecule has 1 aliphatic heterocycles. The summed E-state index contributed by atoms with van der Waals surface area (Å²) in [5.41, 5.74) is 2.11. The highest BCUT2D eigenvalue weighted by molar-refractivity contribution is 7.90. The predicted octanol–water partition coefficient (Wildman–Crippen LogP) is 2.65. The Balaban J connectivity index is 1.63. The van der Waals surface area contributed by atoms with Crippen molar-refractivity contribution in [2.45, 2.75) is 32.4 Å². The lowest BCUT2D eigenvalue weighted by molar-refractivity contribution is -0.117. The normalized spacial score (nSPS) is 17.7. The molecule has 1 amide bonds. The van der Waals surface area contributed by atoms with Crippen LogP contribution in [0.3, 0.4) is 0 Å². The number of rotatable bonds is 6. The standard InChI is InChI=1S/C18H21N3O3S/c1-14-7-12-18(22)21(14)17-10-8-16(9-11-17)20-25(23,24)19-13-15-5-3-2-4-6-15/h2-6,8-11,14,19-20H,7,12-13H2,1H3/t14-/m1/s1. The van der Waals surface area contributed by atoms with E-state index in [1.54, 1.807) is 29.2 Å². The van der Waals surface area contributed by atoms with E-state index in [1.165, 1.54) is 0 Å². The molecule has 132 valence electrons. The molecule has 0 aliphatic carbocycles.